The van der Waals surface area contributed by atoms with Gasteiger partial charge >= 0.3 is 5.69 Å². The number of rotatable bonds is 6. The van der Waals surface area contributed by atoms with Crippen LogP contribution in [0.2, 0.25) is 0 Å². The SMILES string of the molecule is CC(C)c1nccn1CC(O)Cn1cc([N+](=O)[O-])cn1. The standard InChI is InChI=1S/C12H17N5O3/c1-9(2)12-13-3-4-15(12)7-11(18)8-16-6-10(5-14-16)17(19)20/h3-6,9,11,18H,7-8H2,1-2H3. The molecule has 20 heavy (non-hydrogen) atoms. The first-order chi connectivity index (χ1) is 9.47. The van der Waals surface area contributed by atoms with Gasteiger partial charge in [0.05, 0.1) is 24.1 Å². The van der Waals surface area contributed by atoms with E-state index in [9.17, 15) is 15.2 Å². The Morgan fingerprint density at radius 2 is 2.20 bits per heavy atom. The molecule has 8 nitrogen and oxygen atoms in total. The Morgan fingerprint density at radius 1 is 1.45 bits per heavy atom. The number of aromatic nitrogens is 4. The van der Waals surface area contributed by atoms with E-state index in [1.54, 1.807) is 6.20 Å². The van der Waals surface area contributed by atoms with Crippen LogP contribution in [0, 0.1) is 10.1 Å². The summed E-state index contributed by atoms with van der Waals surface area (Å²) in [7, 11) is 0. The molecular weight excluding hydrogens is 262 g/mol. The molecule has 1 N–H and O–H groups in total. The van der Waals surface area contributed by atoms with Gasteiger partial charge in [-0.15, -0.1) is 0 Å². The highest BCUT2D eigenvalue weighted by Crippen LogP contribution is 2.13. The molecule has 0 aromatic carbocycles. The highest BCUT2D eigenvalue weighted by molar-refractivity contribution is 5.20. The van der Waals surface area contributed by atoms with Gasteiger partial charge in [0.15, 0.2) is 0 Å². The molecule has 0 aliphatic carbocycles. The lowest BCUT2D eigenvalue weighted by atomic mass is 10.2. The van der Waals surface area contributed by atoms with Crippen molar-refractivity contribution < 1.29 is 10.0 Å². The lowest BCUT2D eigenvalue weighted by Crippen LogP contribution is -2.23. The maximum Gasteiger partial charge on any atom is 0.306 e. The van der Waals surface area contributed by atoms with Crippen LogP contribution < -0.4 is 0 Å². The number of nitro groups is 1. The first-order valence-electron chi connectivity index (χ1n) is 6.33. The molecular formula is C12H17N5O3. The molecule has 0 radical (unpaired) electrons. The van der Waals surface area contributed by atoms with Crippen LogP contribution >= 0.6 is 0 Å². The number of imidazole rings is 1. The van der Waals surface area contributed by atoms with Gasteiger partial charge in [-0.3, -0.25) is 14.8 Å². The quantitative estimate of drug-likeness (QED) is 0.632. The van der Waals surface area contributed by atoms with Crippen LogP contribution in [0.15, 0.2) is 24.8 Å². The summed E-state index contributed by atoms with van der Waals surface area (Å²) in [4.78, 5) is 14.3. The van der Waals surface area contributed by atoms with Gasteiger partial charge in [-0.25, -0.2) is 4.98 Å². The summed E-state index contributed by atoms with van der Waals surface area (Å²) < 4.78 is 3.25. The van der Waals surface area contributed by atoms with Crippen molar-refractivity contribution in [3.8, 4) is 0 Å². The third-order valence-corrected chi connectivity index (χ3v) is 2.90. The van der Waals surface area contributed by atoms with Crippen LogP contribution in [-0.4, -0.2) is 35.5 Å². The summed E-state index contributed by atoms with van der Waals surface area (Å²) in [6.45, 7) is 4.63. The zero-order chi connectivity index (χ0) is 14.7. The summed E-state index contributed by atoms with van der Waals surface area (Å²) in [5.74, 6) is 1.17. The van der Waals surface area contributed by atoms with E-state index in [2.05, 4.69) is 10.1 Å². The monoisotopic (exact) mass is 279 g/mol. The van der Waals surface area contributed by atoms with Crippen molar-refractivity contribution in [2.75, 3.05) is 0 Å². The second kappa shape index (κ2) is 5.83. The fourth-order valence-electron chi connectivity index (χ4n) is 2.02. The maximum atomic E-state index is 10.6. The molecule has 2 aromatic rings. The number of nitrogens with zero attached hydrogens (tertiary/aromatic N) is 5. The van der Waals surface area contributed by atoms with E-state index in [0.717, 1.165) is 5.82 Å². The Kier molecular flexibility index (Phi) is 4.14. The normalized spacial score (nSPS) is 12.8. The summed E-state index contributed by atoms with van der Waals surface area (Å²) in [5.41, 5.74) is -0.0808. The molecule has 0 amide bonds. The lowest BCUT2D eigenvalue weighted by Gasteiger charge is -2.15. The first kappa shape index (κ1) is 14.2. The van der Waals surface area contributed by atoms with Gasteiger partial charge in [-0.1, -0.05) is 13.8 Å². The molecule has 2 rings (SSSR count). The van der Waals surface area contributed by atoms with Crippen LogP contribution in [0.25, 0.3) is 0 Å². The highest BCUT2D eigenvalue weighted by atomic mass is 16.6. The molecule has 0 aliphatic rings. The zero-order valence-electron chi connectivity index (χ0n) is 11.4. The summed E-state index contributed by atoms with van der Waals surface area (Å²) >= 11 is 0. The predicted octanol–water partition coefficient (Wildman–Crippen LogP) is 1.17. The van der Waals surface area contributed by atoms with Crippen molar-refractivity contribution >= 4 is 5.69 Å². The number of hydrogen-bond donors (Lipinski definition) is 1. The Bertz CT molecular complexity index is 589. The van der Waals surface area contributed by atoms with E-state index < -0.39 is 11.0 Å². The summed E-state index contributed by atoms with van der Waals surface area (Å²) in [6, 6.07) is 0. The Hall–Kier alpha value is -2.22. The van der Waals surface area contributed by atoms with Crippen molar-refractivity contribution in [3.63, 3.8) is 0 Å². The molecule has 0 saturated heterocycles. The van der Waals surface area contributed by atoms with E-state index in [0.29, 0.717) is 6.54 Å². The zero-order valence-corrected chi connectivity index (χ0v) is 11.4. The summed E-state index contributed by atoms with van der Waals surface area (Å²) in [5, 5.41) is 24.5. The van der Waals surface area contributed by atoms with Gasteiger partial charge < -0.3 is 9.67 Å². The second-order valence-corrected chi connectivity index (χ2v) is 4.92. The number of hydrogen-bond acceptors (Lipinski definition) is 5. The second-order valence-electron chi connectivity index (χ2n) is 4.92. The molecule has 0 bridgehead atoms. The molecule has 8 heteroatoms. The van der Waals surface area contributed by atoms with Crippen LogP contribution in [0.4, 0.5) is 5.69 Å². The van der Waals surface area contributed by atoms with E-state index in [1.807, 2.05) is 24.6 Å². The van der Waals surface area contributed by atoms with E-state index in [4.69, 9.17) is 0 Å². The molecule has 1 unspecified atom stereocenters. The van der Waals surface area contributed by atoms with Crippen molar-refractivity contribution in [3.05, 3.63) is 40.7 Å². The number of aliphatic hydroxyl groups excluding tert-OH is 1. The Labute approximate surface area is 115 Å². The fraction of sp³-hybridized carbons (Fsp3) is 0.500. The van der Waals surface area contributed by atoms with Crippen LogP contribution in [0.5, 0.6) is 0 Å². The van der Waals surface area contributed by atoms with Crippen molar-refractivity contribution in [1.82, 2.24) is 19.3 Å². The molecule has 0 aliphatic heterocycles. The molecule has 0 saturated carbocycles. The molecule has 0 spiro atoms. The molecule has 2 heterocycles. The lowest BCUT2D eigenvalue weighted by molar-refractivity contribution is -0.385. The summed E-state index contributed by atoms with van der Waals surface area (Å²) in [6.07, 6.45) is 5.29. The average Bonchev–Trinajstić information content (AvgIpc) is 2.97. The van der Waals surface area contributed by atoms with E-state index in [-0.39, 0.29) is 18.2 Å². The predicted molar refractivity (Wildman–Crippen MR) is 71.2 cm³/mol. The third kappa shape index (κ3) is 3.21. The van der Waals surface area contributed by atoms with Crippen molar-refractivity contribution in [2.24, 2.45) is 0 Å². The van der Waals surface area contributed by atoms with E-state index >= 15 is 0 Å². The van der Waals surface area contributed by atoms with Crippen LogP contribution in [-0.2, 0) is 13.1 Å². The van der Waals surface area contributed by atoms with E-state index in [1.165, 1.54) is 17.1 Å². The van der Waals surface area contributed by atoms with Gasteiger partial charge in [0.2, 0.25) is 0 Å². The first-order valence-corrected chi connectivity index (χ1v) is 6.33. The van der Waals surface area contributed by atoms with Gasteiger partial charge in [0.25, 0.3) is 0 Å². The van der Waals surface area contributed by atoms with Crippen molar-refractivity contribution in [2.45, 2.75) is 39.0 Å². The van der Waals surface area contributed by atoms with Crippen LogP contribution in [0.1, 0.15) is 25.6 Å². The minimum atomic E-state index is -0.693. The van der Waals surface area contributed by atoms with Gasteiger partial charge in [-0.2, -0.15) is 5.10 Å². The van der Waals surface area contributed by atoms with Gasteiger partial charge in [0, 0.05) is 18.3 Å². The van der Waals surface area contributed by atoms with Gasteiger partial charge in [0.1, 0.15) is 18.2 Å². The average molecular weight is 279 g/mol. The maximum absolute atomic E-state index is 10.6. The minimum absolute atomic E-state index is 0.0808. The van der Waals surface area contributed by atoms with Gasteiger partial charge in [-0.05, 0) is 0 Å². The fourth-order valence-corrected chi connectivity index (χ4v) is 2.02. The minimum Gasteiger partial charge on any atom is -0.389 e. The van der Waals surface area contributed by atoms with Crippen LogP contribution in [0.3, 0.4) is 0 Å². The topological polar surface area (TPSA) is 99.0 Å². The molecule has 1 atom stereocenters. The largest absolute Gasteiger partial charge is 0.389 e. The Balaban J connectivity index is 1.99. The third-order valence-electron chi connectivity index (χ3n) is 2.90. The van der Waals surface area contributed by atoms with Crippen molar-refractivity contribution in [1.29, 1.82) is 0 Å². The highest BCUT2D eigenvalue weighted by Gasteiger charge is 2.14. The molecule has 2 aromatic heterocycles. The smallest absolute Gasteiger partial charge is 0.306 e. The Morgan fingerprint density at radius 3 is 2.80 bits per heavy atom. The number of aliphatic hydroxyl groups is 1. The molecule has 108 valence electrons. The molecule has 0 fully saturated rings.